The highest BCUT2D eigenvalue weighted by Crippen LogP contribution is 2.38. The van der Waals surface area contributed by atoms with Crippen LogP contribution >= 0.6 is 15.9 Å². The number of fused-ring (bicyclic) bond motifs is 3. The molecular formula is C24H15BrO. The Morgan fingerprint density at radius 3 is 1.88 bits per heavy atom. The van der Waals surface area contributed by atoms with Gasteiger partial charge in [0.25, 0.3) is 0 Å². The van der Waals surface area contributed by atoms with E-state index in [1.165, 1.54) is 16.7 Å². The molecule has 0 amide bonds. The first-order chi connectivity index (χ1) is 12.8. The second kappa shape index (κ2) is 6.15. The van der Waals surface area contributed by atoms with Gasteiger partial charge in [-0.1, -0.05) is 66.7 Å². The van der Waals surface area contributed by atoms with Crippen LogP contribution in [0.2, 0.25) is 0 Å². The third-order valence-corrected chi connectivity index (χ3v) is 5.33. The molecule has 0 saturated heterocycles. The molecule has 0 N–H and O–H groups in total. The van der Waals surface area contributed by atoms with Crippen molar-refractivity contribution in [1.82, 2.24) is 0 Å². The number of hydrogen-bond acceptors (Lipinski definition) is 1. The van der Waals surface area contributed by atoms with Crippen molar-refractivity contribution in [2.24, 2.45) is 0 Å². The summed E-state index contributed by atoms with van der Waals surface area (Å²) in [6.45, 7) is 0. The van der Waals surface area contributed by atoms with Gasteiger partial charge in [0.15, 0.2) is 0 Å². The lowest BCUT2D eigenvalue weighted by molar-refractivity contribution is 0.667. The Balaban J connectivity index is 1.73. The predicted molar refractivity (Wildman–Crippen MR) is 112 cm³/mol. The first-order valence-electron chi connectivity index (χ1n) is 8.56. The zero-order valence-corrected chi connectivity index (χ0v) is 15.5. The average Bonchev–Trinajstić information content (AvgIpc) is 3.08. The van der Waals surface area contributed by atoms with Crippen molar-refractivity contribution in [2.75, 3.05) is 0 Å². The fourth-order valence-corrected chi connectivity index (χ4v) is 3.99. The maximum absolute atomic E-state index is 6.19. The molecule has 0 saturated carbocycles. The van der Waals surface area contributed by atoms with Crippen molar-refractivity contribution in [3.8, 4) is 22.3 Å². The van der Waals surface area contributed by atoms with E-state index >= 15 is 0 Å². The lowest BCUT2D eigenvalue weighted by Gasteiger charge is -2.03. The van der Waals surface area contributed by atoms with Gasteiger partial charge in [-0.25, -0.2) is 0 Å². The standard InChI is InChI=1S/C24H15BrO/c25-22-14-19(17-9-5-2-6-10-17)13-21-20-12-11-18(15-23(20)26-24(21)22)16-7-3-1-4-8-16/h1-15H. The van der Waals surface area contributed by atoms with Gasteiger partial charge in [-0.05, 0) is 62.4 Å². The Labute approximate surface area is 160 Å². The first kappa shape index (κ1) is 15.4. The molecule has 2 heteroatoms. The molecule has 1 aromatic heterocycles. The molecular weight excluding hydrogens is 384 g/mol. The quantitative estimate of drug-likeness (QED) is 0.297. The predicted octanol–water partition coefficient (Wildman–Crippen LogP) is 7.68. The van der Waals surface area contributed by atoms with E-state index in [0.29, 0.717) is 0 Å². The summed E-state index contributed by atoms with van der Waals surface area (Å²) < 4.78 is 7.17. The topological polar surface area (TPSA) is 13.1 Å². The van der Waals surface area contributed by atoms with Gasteiger partial charge in [0.1, 0.15) is 11.2 Å². The SMILES string of the molecule is Brc1cc(-c2ccccc2)cc2c1oc1cc(-c3ccccc3)ccc12. The van der Waals surface area contributed by atoms with Gasteiger partial charge in [0.05, 0.1) is 4.47 Å². The lowest BCUT2D eigenvalue weighted by atomic mass is 10.0. The number of furan rings is 1. The van der Waals surface area contributed by atoms with E-state index in [2.05, 4.69) is 94.8 Å². The second-order valence-electron chi connectivity index (χ2n) is 6.38. The van der Waals surface area contributed by atoms with Crippen molar-refractivity contribution >= 4 is 37.9 Å². The van der Waals surface area contributed by atoms with E-state index in [1.54, 1.807) is 0 Å². The Morgan fingerprint density at radius 2 is 1.19 bits per heavy atom. The van der Waals surface area contributed by atoms with Crippen molar-refractivity contribution < 1.29 is 4.42 Å². The molecule has 0 fully saturated rings. The molecule has 1 heterocycles. The summed E-state index contributed by atoms with van der Waals surface area (Å²) in [5, 5.41) is 2.27. The van der Waals surface area contributed by atoms with Gasteiger partial charge in [0, 0.05) is 10.8 Å². The van der Waals surface area contributed by atoms with E-state index in [-0.39, 0.29) is 0 Å². The summed E-state index contributed by atoms with van der Waals surface area (Å²) in [4.78, 5) is 0. The van der Waals surface area contributed by atoms with Crippen molar-refractivity contribution in [2.45, 2.75) is 0 Å². The van der Waals surface area contributed by atoms with Crippen LogP contribution in [0.3, 0.4) is 0 Å². The molecule has 0 aliphatic heterocycles. The van der Waals surface area contributed by atoms with Crippen molar-refractivity contribution in [3.05, 3.63) is 95.5 Å². The highest BCUT2D eigenvalue weighted by molar-refractivity contribution is 9.10. The highest BCUT2D eigenvalue weighted by atomic mass is 79.9. The van der Waals surface area contributed by atoms with Crippen LogP contribution in [-0.2, 0) is 0 Å². The second-order valence-corrected chi connectivity index (χ2v) is 7.23. The number of benzene rings is 4. The molecule has 5 aromatic rings. The lowest BCUT2D eigenvalue weighted by Crippen LogP contribution is -1.79. The molecule has 0 radical (unpaired) electrons. The summed E-state index contributed by atoms with van der Waals surface area (Å²) in [6.07, 6.45) is 0. The zero-order valence-electron chi connectivity index (χ0n) is 13.9. The number of halogens is 1. The smallest absolute Gasteiger partial charge is 0.149 e. The zero-order chi connectivity index (χ0) is 17.5. The largest absolute Gasteiger partial charge is 0.455 e. The van der Waals surface area contributed by atoms with E-state index in [9.17, 15) is 0 Å². The fourth-order valence-electron chi connectivity index (χ4n) is 3.44. The van der Waals surface area contributed by atoms with Gasteiger partial charge < -0.3 is 4.42 Å². The Morgan fingerprint density at radius 1 is 0.538 bits per heavy atom. The Hall–Kier alpha value is -2.84. The van der Waals surface area contributed by atoms with Gasteiger partial charge in [-0.3, -0.25) is 0 Å². The molecule has 0 aliphatic carbocycles. The molecule has 0 atom stereocenters. The minimum atomic E-state index is 0.893. The van der Waals surface area contributed by atoms with E-state index in [1.807, 2.05) is 12.1 Å². The molecule has 0 unspecified atom stereocenters. The maximum atomic E-state index is 6.19. The molecule has 0 bridgehead atoms. The minimum absolute atomic E-state index is 0.893. The van der Waals surface area contributed by atoms with Crippen molar-refractivity contribution in [1.29, 1.82) is 0 Å². The maximum Gasteiger partial charge on any atom is 0.149 e. The fraction of sp³-hybridized carbons (Fsp3) is 0. The molecule has 0 spiro atoms. The summed E-state index contributed by atoms with van der Waals surface area (Å²) in [5.41, 5.74) is 6.54. The highest BCUT2D eigenvalue weighted by Gasteiger charge is 2.13. The minimum Gasteiger partial charge on any atom is -0.455 e. The van der Waals surface area contributed by atoms with E-state index in [0.717, 1.165) is 32.0 Å². The normalized spacial score (nSPS) is 11.3. The van der Waals surface area contributed by atoms with E-state index in [4.69, 9.17) is 4.42 Å². The van der Waals surface area contributed by atoms with Crippen LogP contribution in [0.5, 0.6) is 0 Å². The molecule has 124 valence electrons. The number of hydrogen-bond donors (Lipinski definition) is 0. The molecule has 26 heavy (non-hydrogen) atoms. The van der Waals surface area contributed by atoms with Crippen LogP contribution < -0.4 is 0 Å². The van der Waals surface area contributed by atoms with Gasteiger partial charge in [-0.15, -0.1) is 0 Å². The monoisotopic (exact) mass is 398 g/mol. The summed E-state index contributed by atoms with van der Waals surface area (Å²) in [6, 6.07) is 31.6. The Bertz CT molecular complexity index is 1220. The third-order valence-electron chi connectivity index (χ3n) is 4.74. The van der Waals surface area contributed by atoms with Gasteiger partial charge in [-0.2, -0.15) is 0 Å². The van der Waals surface area contributed by atoms with Gasteiger partial charge in [0.2, 0.25) is 0 Å². The molecule has 0 aliphatic rings. The molecule has 4 aromatic carbocycles. The first-order valence-corrected chi connectivity index (χ1v) is 9.35. The van der Waals surface area contributed by atoms with Gasteiger partial charge >= 0.3 is 0 Å². The summed E-state index contributed by atoms with van der Waals surface area (Å²) in [7, 11) is 0. The molecule has 1 nitrogen and oxygen atoms in total. The summed E-state index contributed by atoms with van der Waals surface area (Å²) in [5.74, 6) is 0. The van der Waals surface area contributed by atoms with Crippen LogP contribution in [0.25, 0.3) is 44.2 Å². The molecule has 5 rings (SSSR count). The van der Waals surface area contributed by atoms with Crippen LogP contribution in [-0.4, -0.2) is 0 Å². The number of rotatable bonds is 2. The Kier molecular flexibility index (Phi) is 3.65. The van der Waals surface area contributed by atoms with Crippen LogP contribution in [0.15, 0.2) is 99.9 Å². The van der Waals surface area contributed by atoms with Crippen molar-refractivity contribution in [3.63, 3.8) is 0 Å². The average molecular weight is 399 g/mol. The third kappa shape index (κ3) is 2.54. The van der Waals surface area contributed by atoms with E-state index < -0.39 is 0 Å². The van der Waals surface area contributed by atoms with Crippen LogP contribution in [0.1, 0.15) is 0 Å². The van der Waals surface area contributed by atoms with Crippen LogP contribution in [0, 0.1) is 0 Å². The summed E-state index contributed by atoms with van der Waals surface area (Å²) >= 11 is 3.69. The van der Waals surface area contributed by atoms with Crippen LogP contribution in [0.4, 0.5) is 0 Å².